The highest BCUT2D eigenvalue weighted by molar-refractivity contribution is 5.07. The third-order valence-corrected chi connectivity index (χ3v) is 5.46. The van der Waals surface area contributed by atoms with E-state index in [0.717, 1.165) is 37.3 Å². The molecule has 4 heteroatoms. The van der Waals surface area contributed by atoms with Crippen LogP contribution in [0.15, 0.2) is 18.5 Å². The second-order valence-electron chi connectivity index (χ2n) is 7.00. The van der Waals surface area contributed by atoms with Gasteiger partial charge in [-0.15, -0.1) is 0 Å². The van der Waals surface area contributed by atoms with Gasteiger partial charge < -0.3 is 5.32 Å². The van der Waals surface area contributed by atoms with Crippen LogP contribution in [0.3, 0.4) is 0 Å². The Morgan fingerprint density at radius 1 is 1.25 bits per heavy atom. The van der Waals surface area contributed by atoms with Gasteiger partial charge in [-0.1, -0.05) is 0 Å². The van der Waals surface area contributed by atoms with Crippen molar-refractivity contribution < 1.29 is 0 Å². The number of hydrogen-bond acceptors (Lipinski definition) is 4. The van der Waals surface area contributed by atoms with Crippen molar-refractivity contribution in [1.29, 1.82) is 0 Å². The molecule has 4 nitrogen and oxygen atoms in total. The second kappa shape index (κ2) is 4.78. The molecule has 1 aromatic rings. The molecule has 2 saturated carbocycles. The molecule has 1 aromatic heterocycles. The highest BCUT2D eigenvalue weighted by Gasteiger charge is 2.50. The molecular formula is C16H24N4. The molecular weight excluding hydrogens is 248 g/mol. The molecule has 4 rings (SSSR count). The summed E-state index contributed by atoms with van der Waals surface area (Å²) in [5.41, 5.74) is 0.296. The highest BCUT2D eigenvalue weighted by Crippen LogP contribution is 2.46. The molecule has 2 unspecified atom stereocenters. The van der Waals surface area contributed by atoms with Crippen LogP contribution in [-0.4, -0.2) is 39.5 Å². The molecule has 0 amide bonds. The van der Waals surface area contributed by atoms with E-state index in [1.165, 1.54) is 25.7 Å². The van der Waals surface area contributed by atoms with Crippen LogP contribution in [0.2, 0.25) is 0 Å². The standard InChI is InChI=1S/C16H24N4/c1-16(13-5-6-13)11-19-14(12-3-4-12)9-20(16)10-15-17-7-2-8-18-15/h2,7-8,12-14,19H,3-6,9-11H2,1H3. The maximum atomic E-state index is 4.43. The van der Waals surface area contributed by atoms with Gasteiger partial charge in [0.2, 0.25) is 0 Å². The minimum atomic E-state index is 0.296. The lowest BCUT2D eigenvalue weighted by atomic mass is 9.88. The SMILES string of the molecule is CC1(C2CC2)CNC(C2CC2)CN1Cc1ncccn1. The number of rotatable bonds is 4. The number of aromatic nitrogens is 2. The van der Waals surface area contributed by atoms with E-state index in [2.05, 4.69) is 27.1 Å². The topological polar surface area (TPSA) is 41.0 Å². The molecule has 2 atom stereocenters. The summed E-state index contributed by atoms with van der Waals surface area (Å²) in [6.45, 7) is 5.63. The van der Waals surface area contributed by atoms with Crippen molar-refractivity contribution in [3.8, 4) is 0 Å². The van der Waals surface area contributed by atoms with Gasteiger partial charge in [-0.3, -0.25) is 4.90 Å². The third kappa shape index (κ3) is 2.35. The predicted octanol–water partition coefficient (Wildman–Crippen LogP) is 1.83. The largest absolute Gasteiger partial charge is 0.311 e. The van der Waals surface area contributed by atoms with Crippen molar-refractivity contribution in [1.82, 2.24) is 20.2 Å². The van der Waals surface area contributed by atoms with Gasteiger partial charge in [0, 0.05) is 37.1 Å². The van der Waals surface area contributed by atoms with E-state index in [-0.39, 0.29) is 0 Å². The Hall–Kier alpha value is -1.00. The third-order valence-electron chi connectivity index (χ3n) is 5.46. The van der Waals surface area contributed by atoms with Crippen LogP contribution < -0.4 is 5.32 Å². The maximum absolute atomic E-state index is 4.43. The summed E-state index contributed by atoms with van der Waals surface area (Å²) in [6.07, 6.45) is 9.31. The molecule has 0 radical (unpaired) electrons. The van der Waals surface area contributed by atoms with Gasteiger partial charge in [0.1, 0.15) is 5.82 Å². The van der Waals surface area contributed by atoms with Crippen molar-refractivity contribution in [2.75, 3.05) is 13.1 Å². The van der Waals surface area contributed by atoms with Crippen LogP contribution in [0.5, 0.6) is 0 Å². The fourth-order valence-corrected chi connectivity index (χ4v) is 3.71. The average Bonchev–Trinajstić information content (AvgIpc) is 3.33. The van der Waals surface area contributed by atoms with Gasteiger partial charge in [0.15, 0.2) is 0 Å². The summed E-state index contributed by atoms with van der Waals surface area (Å²) in [7, 11) is 0. The van der Waals surface area contributed by atoms with E-state index in [0.29, 0.717) is 11.6 Å². The first-order valence-electron chi connectivity index (χ1n) is 8.00. The summed E-state index contributed by atoms with van der Waals surface area (Å²) in [5, 5.41) is 3.83. The predicted molar refractivity (Wildman–Crippen MR) is 78.1 cm³/mol. The van der Waals surface area contributed by atoms with Crippen molar-refractivity contribution in [2.24, 2.45) is 11.8 Å². The minimum absolute atomic E-state index is 0.296. The quantitative estimate of drug-likeness (QED) is 0.908. The summed E-state index contributed by atoms with van der Waals surface area (Å²) in [5.74, 6) is 2.74. The Balaban J connectivity index is 1.53. The van der Waals surface area contributed by atoms with Gasteiger partial charge in [0.25, 0.3) is 0 Å². The van der Waals surface area contributed by atoms with Gasteiger partial charge in [-0.05, 0) is 50.5 Å². The van der Waals surface area contributed by atoms with Gasteiger partial charge in [0.05, 0.1) is 6.54 Å². The van der Waals surface area contributed by atoms with E-state index in [4.69, 9.17) is 0 Å². The summed E-state index contributed by atoms with van der Waals surface area (Å²) < 4.78 is 0. The first kappa shape index (κ1) is 12.7. The minimum Gasteiger partial charge on any atom is -0.311 e. The average molecular weight is 272 g/mol. The fourth-order valence-electron chi connectivity index (χ4n) is 3.71. The molecule has 3 fully saturated rings. The zero-order valence-electron chi connectivity index (χ0n) is 12.3. The van der Waals surface area contributed by atoms with Gasteiger partial charge in [-0.2, -0.15) is 0 Å². The van der Waals surface area contributed by atoms with Gasteiger partial charge in [-0.25, -0.2) is 9.97 Å². The van der Waals surface area contributed by atoms with Crippen LogP contribution >= 0.6 is 0 Å². The summed E-state index contributed by atoms with van der Waals surface area (Å²) >= 11 is 0. The molecule has 2 heterocycles. The number of piperazine rings is 1. The summed E-state index contributed by atoms with van der Waals surface area (Å²) in [4.78, 5) is 11.5. The van der Waals surface area contributed by atoms with E-state index >= 15 is 0 Å². The Labute approximate surface area is 121 Å². The first-order chi connectivity index (χ1) is 9.75. The van der Waals surface area contributed by atoms with Crippen molar-refractivity contribution in [3.05, 3.63) is 24.3 Å². The lowest BCUT2D eigenvalue weighted by Gasteiger charge is -2.48. The second-order valence-corrected chi connectivity index (χ2v) is 7.00. The van der Waals surface area contributed by atoms with E-state index in [1.807, 2.05) is 18.5 Å². The Morgan fingerprint density at radius 3 is 2.65 bits per heavy atom. The number of nitrogens with zero attached hydrogens (tertiary/aromatic N) is 3. The molecule has 20 heavy (non-hydrogen) atoms. The molecule has 0 spiro atoms. The molecule has 0 bridgehead atoms. The van der Waals surface area contributed by atoms with E-state index in [1.54, 1.807) is 0 Å². The van der Waals surface area contributed by atoms with Crippen molar-refractivity contribution >= 4 is 0 Å². The number of nitrogens with one attached hydrogen (secondary N) is 1. The molecule has 1 saturated heterocycles. The molecule has 1 N–H and O–H groups in total. The van der Waals surface area contributed by atoms with Crippen LogP contribution in [-0.2, 0) is 6.54 Å². The van der Waals surface area contributed by atoms with E-state index < -0.39 is 0 Å². The van der Waals surface area contributed by atoms with Crippen LogP contribution in [0.1, 0.15) is 38.4 Å². The van der Waals surface area contributed by atoms with Crippen LogP contribution in [0, 0.1) is 11.8 Å². The van der Waals surface area contributed by atoms with Crippen molar-refractivity contribution in [2.45, 2.75) is 50.7 Å². The molecule has 2 aliphatic carbocycles. The zero-order valence-corrected chi connectivity index (χ0v) is 12.3. The van der Waals surface area contributed by atoms with E-state index in [9.17, 15) is 0 Å². The van der Waals surface area contributed by atoms with Crippen LogP contribution in [0.4, 0.5) is 0 Å². The molecule has 3 aliphatic rings. The highest BCUT2D eigenvalue weighted by atomic mass is 15.3. The summed E-state index contributed by atoms with van der Waals surface area (Å²) in [6, 6.07) is 2.58. The molecule has 1 aliphatic heterocycles. The first-order valence-corrected chi connectivity index (χ1v) is 8.00. The Morgan fingerprint density at radius 2 is 2.00 bits per heavy atom. The molecule has 0 aromatic carbocycles. The fraction of sp³-hybridized carbons (Fsp3) is 0.750. The smallest absolute Gasteiger partial charge is 0.142 e. The monoisotopic (exact) mass is 272 g/mol. The van der Waals surface area contributed by atoms with Crippen molar-refractivity contribution in [3.63, 3.8) is 0 Å². The lowest BCUT2D eigenvalue weighted by molar-refractivity contribution is 0.0214. The maximum Gasteiger partial charge on any atom is 0.142 e. The Kier molecular flexibility index (Phi) is 3.04. The van der Waals surface area contributed by atoms with Gasteiger partial charge >= 0.3 is 0 Å². The lowest BCUT2D eigenvalue weighted by Crippen LogP contribution is -2.64. The number of hydrogen-bond donors (Lipinski definition) is 1. The normalized spacial score (nSPS) is 35.1. The zero-order chi connectivity index (χ0) is 13.6. The molecule has 108 valence electrons. The van der Waals surface area contributed by atoms with Crippen LogP contribution in [0.25, 0.3) is 0 Å². The Bertz CT molecular complexity index is 469.